The van der Waals surface area contributed by atoms with Crippen molar-refractivity contribution in [2.45, 2.75) is 37.6 Å². The van der Waals surface area contributed by atoms with Gasteiger partial charge in [-0.05, 0) is 60.2 Å². The molecule has 0 aliphatic carbocycles. The average Bonchev–Trinajstić information content (AvgIpc) is 2.92. The van der Waals surface area contributed by atoms with Crippen molar-refractivity contribution in [2.24, 2.45) is 0 Å². The Balaban J connectivity index is 1.19. The number of piperidine rings is 1. The zero-order chi connectivity index (χ0) is 26.0. The first-order valence-corrected chi connectivity index (χ1v) is 12.5. The molecule has 3 aromatic rings. The van der Waals surface area contributed by atoms with Crippen LogP contribution in [0.25, 0.3) is 0 Å². The van der Waals surface area contributed by atoms with Gasteiger partial charge in [-0.3, -0.25) is 9.69 Å². The van der Waals surface area contributed by atoms with Gasteiger partial charge in [-0.15, -0.1) is 0 Å². The fraction of sp³-hybridized carbons (Fsp3) is 0.345. The second kappa shape index (κ2) is 10.2. The molecule has 0 unspecified atom stereocenters. The van der Waals surface area contributed by atoms with Crippen LogP contribution in [-0.2, 0) is 24.7 Å². The van der Waals surface area contributed by atoms with Crippen LogP contribution in [0.15, 0.2) is 72.8 Å². The lowest BCUT2D eigenvalue weighted by molar-refractivity contribution is -0.137. The lowest BCUT2D eigenvalue weighted by Crippen LogP contribution is -2.45. The maximum atomic E-state index is 13.2. The molecule has 5 rings (SSSR count). The number of nitrogens with zero attached hydrogens (tertiary/aromatic N) is 2. The third-order valence-corrected chi connectivity index (χ3v) is 7.41. The van der Waals surface area contributed by atoms with Gasteiger partial charge in [0.1, 0.15) is 0 Å². The number of anilines is 1. The number of alkyl halides is 3. The van der Waals surface area contributed by atoms with E-state index in [2.05, 4.69) is 22.3 Å². The number of aliphatic hydroxyl groups is 1. The van der Waals surface area contributed by atoms with E-state index in [1.165, 1.54) is 17.7 Å². The number of carbonyl (C=O) groups excluding carboxylic acids is 1. The Morgan fingerprint density at radius 3 is 2.46 bits per heavy atom. The molecule has 2 N–H and O–H groups in total. The Kier molecular flexibility index (Phi) is 6.96. The van der Waals surface area contributed by atoms with E-state index >= 15 is 0 Å². The van der Waals surface area contributed by atoms with E-state index in [1.54, 1.807) is 4.90 Å². The molecule has 8 heteroatoms. The standard InChI is InChI=1S/C29H30F3N3O2/c30-29(31,32)25-8-4-7-24(18-25)28(37)12-15-35(16-13-28)27(36)22-9-10-23-19-34(20-33-26(23)17-22)14-11-21-5-2-1-3-6-21/h1-10,17-18,33,37H,11-16,19-20H2. The molecule has 1 amide bonds. The highest BCUT2D eigenvalue weighted by molar-refractivity contribution is 5.95. The predicted octanol–water partition coefficient (Wildman–Crippen LogP) is 5.26. The summed E-state index contributed by atoms with van der Waals surface area (Å²) in [6, 6.07) is 20.9. The van der Waals surface area contributed by atoms with Crippen LogP contribution in [-0.4, -0.2) is 47.1 Å². The number of nitrogens with one attached hydrogen (secondary N) is 1. The second-order valence-corrected chi connectivity index (χ2v) is 9.90. The highest BCUT2D eigenvalue weighted by Gasteiger charge is 2.38. The van der Waals surface area contributed by atoms with E-state index < -0.39 is 17.3 Å². The first-order chi connectivity index (χ1) is 17.7. The van der Waals surface area contributed by atoms with Gasteiger partial charge in [0.2, 0.25) is 0 Å². The van der Waals surface area contributed by atoms with Crippen molar-refractivity contribution < 1.29 is 23.1 Å². The largest absolute Gasteiger partial charge is 0.416 e. The van der Waals surface area contributed by atoms with Gasteiger partial charge in [-0.1, -0.05) is 48.5 Å². The van der Waals surface area contributed by atoms with Crippen molar-refractivity contribution in [3.63, 3.8) is 0 Å². The summed E-state index contributed by atoms with van der Waals surface area (Å²) in [5, 5.41) is 14.5. The van der Waals surface area contributed by atoms with Crippen molar-refractivity contribution in [1.29, 1.82) is 0 Å². The Morgan fingerprint density at radius 1 is 0.973 bits per heavy atom. The monoisotopic (exact) mass is 509 g/mol. The summed E-state index contributed by atoms with van der Waals surface area (Å²) < 4.78 is 39.4. The van der Waals surface area contributed by atoms with Crippen LogP contribution in [0.3, 0.4) is 0 Å². The Bertz CT molecular complexity index is 1250. The highest BCUT2D eigenvalue weighted by Crippen LogP contribution is 2.37. The molecule has 0 spiro atoms. The fourth-order valence-electron chi connectivity index (χ4n) is 5.13. The second-order valence-electron chi connectivity index (χ2n) is 9.90. The number of hydrogen-bond donors (Lipinski definition) is 2. The molecule has 37 heavy (non-hydrogen) atoms. The number of hydrogen-bond acceptors (Lipinski definition) is 4. The number of rotatable bonds is 5. The minimum atomic E-state index is -4.47. The molecule has 0 radical (unpaired) electrons. The summed E-state index contributed by atoms with van der Waals surface area (Å²) in [7, 11) is 0. The Hall–Kier alpha value is -3.36. The topological polar surface area (TPSA) is 55.8 Å². The summed E-state index contributed by atoms with van der Waals surface area (Å²) in [6.45, 7) is 2.97. The fourth-order valence-corrected chi connectivity index (χ4v) is 5.13. The van der Waals surface area contributed by atoms with Gasteiger partial charge in [0.15, 0.2) is 0 Å². The van der Waals surface area contributed by atoms with E-state index in [0.717, 1.165) is 42.9 Å². The highest BCUT2D eigenvalue weighted by atomic mass is 19.4. The first kappa shape index (κ1) is 25.3. The van der Waals surface area contributed by atoms with Crippen LogP contribution in [0, 0.1) is 0 Å². The smallest absolute Gasteiger partial charge is 0.385 e. The molecule has 2 aliphatic rings. The molecule has 1 saturated heterocycles. The number of amides is 1. The van der Waals surface area contributed by atoms with Gasteiger partial charge in [0.05, 0.1) is 17.8 Å². The van der Waals surface area contributed by atoms with Gasteiger partial charge >= 0.3 is 6.18 Å². The number of likely N-dealkylation sites (tertiary alicyclic amines) is 1. The summed E-state index contributed by atoms with van der Waals surface area (Å²) in [5.74, 6) is -0.137. The van der Waals surface area contributed by atoms with Crippen molar-refractivity contribution >= 4 is 11.6 Å². The Labute approximate surface area is 214 Å². The summed E-state index contributed by atoms with van der Waals surface area (Å²) in [4.78, 5) is 17.2. The zero-order valence-corrected chi connectivity index (χ0v) is 20.5. The van der Waals surface area contributed by atoms with Crippen molar-refractivity contribution in [2.75, 3.05) is 31.6 Å². The maximum absolute atomic E-state index is 13.2. The molecule has 1 fully saturated rings. The van der Waals surface area contributed by atoms with Gasteiger partial charge in [-0.25, -0.2) is 0 Å². The van der Waals surface area contributed by atoms with Crippen LogP contribution in [0.5, 0.6) is 0 Å². The molecule has 5 nitrogen and oxygen atoms in total. The third kappa shape index (κ3) is 5.65. The minimum Gasteiger partial charge on any atom is -0.385 e. The minimum absolute atomic E-state index is 0.137. The van der Waals surface area contributed by atoms with Gasteiger partial charge in [0.25, 0.3) is 5.91 Å². The number of fused-ring (bicyclic) bond motifs is 1. The number of benzene rings is 3. The summed E-state index contributed by atoms with van der Waals surface area (Å²) in [6.07, 6.45) is -3.14. The van der Waals surface area contributed by atoms with E-state index in [9.17, 15) is 23.1 Å². The third-order valence-electron chi connectivity index (χ3n) is 7.41. The van der Waals surface area contributed by atoms with Crippen LogP contribution in [0.2, 0.25) is 0 Å². The molecule has 0 saturated carbocycles. The van der Waals surface area contributed by atoms with E-state index in [1.807, 2.05) is 36.4 Å². The molecule has 0 aromatic heterocycles. The maximum Gasteiger partial charge on any atom is 0.416 e. The molecule has 0 bridgehead atoms. The van der Waals surface area contributed by atoms with Gasteiger partial charge in [0, 0.05) is 37.4 Å². The number of carbonyl (C=O) groups is 1. The lowest BCUT2D eigenvalue weighted by atomic mass is 9.83. The summed E-state index contributed by atoms with van der Waals surface area (Å²) >= 11 is 0. The molecular weight excluding hydrogens is 479 g/mol. The molecule has 0 atom stereocenters. The normalized spacial score (nSPS) is 17.7. The quantitative estimate of drug-likeness (QED) is 0.493. The van der Waals surface area contributed by atoms with Crippen molar-refractivity contribution in [3.05, 3.63) is 101 Å². The molecule has 194 valence electrons. The first-order valence-electron chi connectivity index (χ1n) is 12.5. The van der Waals surface area contributed by atoms with Crippen LogP contribution >= 0.6 is 0 Å². The SMILES string of the molecule is O=C(c1ccc2c(c1)NCN(CCc1ccccc1)C2)N1CCC(O)(c2cccc(C(F)(F)F)c2)CC1. The zero-order valence-electron chi connectivity index (χ0n) is 20.5. The molecule has 3 aromatic carbocycles. The van der Waals surface area contributed by atoms with E-state index in [-0.39, 0.29) is 37.4 Å². The molecule has 2 heterocycles. The lowest BCUT2D eigenvalue weighted by Gasteiger charge is -2.39. The molecular formula is C29H30F3N3O2. The van der Waals surface area contributed by atoms with Crippen molar-refractivity contribution in [3.8, 4) is 0 Å². The van der Waals surface area contributed by atoms with Gasteiger partial charge < -0.3 is 15.3 Å². The van der Waals surface area contributed by atoms with Crippen LogP contribution < -0.4 is 5.32 Å². The average molecular weight is 510 g/mol. The summed E-state index contributed by atoms with van der Waals surface area (Å²) in [5.41, 5.74) is 2.01. The van der Waals surface area contributed by atoms with E-state index in [4.69, 9.17) is 0 Å². The number of halogens is 3. The van der Waals surface area contributed by atoms with Crippen LogP contribution in [0.4, 0.5) is 18.9 Å². The van der Waals surface area contributed by atoms with Crippen molar-refractivity contribution in [1.82, 2.24) is 9.80 Å². The van der Waals surface area contributed by atoms with E-state index in [0.29, 0.717) is 12.2 Å². The van der Waals surface area contributed by atoms with Gasteiger partial charge in [-0.2, -0.15) is 13.2 Å². The predicted molar refractivity (Wildman–Crippen MR) is 136 cm³/mol. The van der Waals surface area contributed by atoms with Crippen LogP contribution in [0.1, 0.15) is 45.5 Å². The Morgan fingerprint density at radius 2 is 1.73 bits per heavy atom. The molecule has 2 aliphatic heterocycles.